The summed E-state index contributed by atoms with van der Waals surface area (Å²) in [5, 5.41) is 6.82. The predicted octanol–water partition coefficient (Wildman–Crippen LogP) is 5.39. The number of methoxy groups -OCH3 is 1. The number of nitrogens with one attached hydrogen (secondary N) is 2. The van der Waals surface area contributed by atoms with E-state index in [1.165, 1.54) is 6.20 Å². The van der Waals surface area contributed by atoms with Gasteiger partial charge in [-0.1, -0.05) is 29.3 Å². The Kier molecular flexibility index (Phi) is 5.61. The fourth-order valence-electron chi connectivity index (χ4n) is 2.23. The van der Waals surface area contributed by atoms with Gasteiger partial charge in [-0.25, -0.2) is 4.98 Å². The van der Waals surface area contributed by atoms with Crippen molar-refractivity contribution in [2.24, 2.45) is 0 Å². The summed E-state index contributed by atoms with van der Waals surface area (Å²) < 4.78 is 5.09. The molecular weight excluding hydrogens is 373 g/mol. The van der Waals surface area contributed by atoms with E-state index in [1.807, 2.05) is 0 Å². The highest BCUT2D eigenvalue weighted by atomic mass is 35.5. The normalized spacial score (nSPS) is 10.3. The number of rotatable bonds is 5. The zero-order valence-electron chi connectivity index (χ0n) is 13.8. The Balaban J connectivity index is 1.69. The van der Waals surface area contributed by atoms with Gasteiger partial charge in [0.2, 0.25) is 0 Å². The lowest BCUT2D eigenvalue weighted by molar-refractivity contribution is 0.102. The minimum absolute atomic E-state index is 0.259. The van der Waals surface area contributed by atoms with Crippen LogP contribution in [0.5, 0.6) is 5.75 Å². The van der Waals surface area contributed by atoms with Crippen LogP contribution < -0.4 is 15.4 Å². The summed E-state index contributed by atoms with van der Waals surface area (Å²) in [7, 11) is 1.59. The monoisotopic (exact) mass is 387 g/mol. The van der Waals surface area contributed by atoms with Crippen LogP contribution in [0.1, 0.15) is 10.4 Å². The Labute approximate surface area is 160 Å². The highest BCUT2D eigenvalue weighted by Crippen LogP contribution is 2.31. The molecule has 26 heavy (non-hydrogen) atoms. The SMILES string of the molecule is COc1ccc(NC(=O)c2ccc(Nc3c(Cl)cccc3Cl)nc2)cc1. The Hall–Kier alpha value is -2.76. The number of hydrogen-bond donors (Lipinski definition) is 2. The number of amides is 1. The zero-order chi connectivity index (χ0) is 18.5. The molecule has 2 N–H and O–H groups in total. The molecule has 132 valence electrons. The van der Waals surface area contributed by atoms with Crippen molar-refractivity contribution in [3.8, 4) is 5.75 Å². The maximum absolute atomic E-state index is 12.3. The van der Waals surface area contributed by atoms with E-state index in [2.05, 4.69) is 15.6 Å². The van der Waals surface area contributed by atoms with E-state index in [0.29, 0.717) is 32.8 Å². The molecule has 0 aliphatic heterocycles. The van der Waals surface area contributed by atoms with Gasteiger partial charge in [0.25, 0.3) is 5.91 Å². The van der Waals surface area contributed by atoms with Gasteiger partial charge < -0.3 is 15.4 Å². The first-order valence-corrected chi connectivity index (χ1v) is 8.45. The highest BCUT2D eigenvalue weighted by Gasteiger charge is 2.09. The predicted molar refractivity (Wildman–Crippen MR) is 105 cm³/mol. The molecule has 1 heterocycles. The van der Waals surface area contributed by atoms with Crippen molar-refractivity contribution in [1.82, 2.24) is 4.98 Å². The molecule has 5 nitrogen and oxygen atoms in total. The van der Waals surface area contributed by atoms with E-state index in [4.69, 9.17) is 27.9 Å². The molecule has 7 heteroatoms. The first-order valence-electron chi connectivity index (χ1n) is 7.69. The molecule has 0 saturated heterocycles. The number of anilines is 3. The van der Waals surface area contributed by atoms with Crippen LogP contribution in [0.4, 0.5) is 17.2 Å². The lowest BCUT2D eigenvalue weighted by Crippen LogP contribution is -2.12. The number of pyridine rings is 1. The maximum atomic E-state index is 12.3. The van der Waals surface area contributed by atoms with E-state index < -0.39 is 0 Å². The van der Waals surface area contributed by atoms with Gasteiger partial charge in [0, 0.05) is 11.9 Å². The molecule has 3 rings (SSSR count). The number of nitrogens with zero attached hydrogens (tertiary/aromatic N) is 1. The van der Waals surface area contributed by atoms with Gasteiger partial charge in [0.1, 0.15) is 11.6 Å². The summed E-state index contributed by atoms with van der Waals surface area (Å²) in [5.74, 6) is 0.990. The smallest absolute Gasteiger partial charge is 0.257 e. The van der Waals surface area contributed by atoms with Crippen LogP contribution in [0.2, 0.25) is 10.0 Å². The van der Waals surface area contributed by atoms with Gasteiger partial charge in [-0.2, -0.15) is 0 Å². The molecule has 0 fully saturated rings. The third kappa shape index (κ3) is 4.25. The van der Waals surface area contributed by atoms with Gasteiger partial charge in [0.15, 0.2) is 0 Å². The molecular formula is C19H15Cl2N3O2. The quantitative estimate of drug-likeness (QED) is 0.615. The second kappa shape index (κ2) is 8.08. The molecule has 0 spiro atoms. The molecule has 0 aliphatic rings. The van der Waals surface area contributed by atoms with Gasteiger partial charge in [-0.05, 0) is 48.5 Å². The van der Waals surface area contributed by atoms with Crippen LogP contribution in [-0.2, 0) is 0 Å². The molecule has 0 unspecified atom stereocenters. The molecule has 0 bridgehead atoms. The fraction of sp³-hybridized carbons (Fsp3) is 0.0526. The number of benzene rings is 2. The third-order valence-corrected chi connectivity index (χ3v) is 4.22. The van der Waals surface area contributed by atoms with Crippen molar-refractivity contribution >= 4 is 46.3 Å². The number of ether oxygens (including phenoxy) is 1. The average molecular weight is 388 g/mol. The summed E-state index contributed by atoms with van der Waals surface area (Å²) in [4.78, 5) is 16.5. The van der Waals surface area contributed by atoms with Crippen LogP contribution in [-0.4, -0.2) is 18.0 Å². The van der Waals surface area contributed by atoms with Crippen LogP contribution in [0.25, 0.3) is 0 Å². The van der Waals surface area contributed by atoms with Gasteiger partial charge in [-0.3, -0.25) is 4.79 Å². The van der Waals surface area contributed by atoms with Gasteiger partial charge >= 0.3 is 0 Å². The molecule has 3 aromatic rings. The number of aromatic nitrogens is 1. The summed E-state index contributed by atoms with van der Waals surface area (Å²) in [6, 6.07) is 15.6. The molecule has 0 aliphatic carbocycles. The number of halogens is 2. The number of hydrogen-bond acceptors (Lipinski definition) is 4. The molecule has 1 amide bonds. The Morgan fingerprint density at radius 1 is 1.00 bits per heavy atom. The molecule has 0 atom stereocenters. The maximum Gasteiger partial charge on any atom is 0.257 e. The number of carbonyl (C=O) groups is 1. The van der Waals surface area contributed by atoms with Crippen molar-refractivity contribution in [2.75, 3.05) is 17.7 Å². The van der Waals surface area contributed by atoms with Crippen LogP contribution >= 0.6 is 23.2 Å². The number of carbonyl (C=O) groups excluding carboxylic acids is 1. The third-order valence-electron chi connectivity index (χ3n) is 3.59. The fourth-order valence-corrected chi connectivity index (χ4v) is 2.72. The second-order valence-electron chi connectivity index (χ2n) is 5.34. The van der Waals surface area contributed by atoms with E-state index >= 15 is 0 Å². The summed E-state index contributed by atoms with van der Waals surface area (Å²) in [6.07, 6.45) is 1.48. The van der Waals surface area contributed by atoms with Crippen molar-refractivity contribution in [1.29, 1.82) is 0 Å². The van der Waals surface area contributed by atoms with Gasteiger partial charge in [-0.15, -0.1) is 0 Å². The standard InChI is InChI=1S/C19H15Cl2N3O2/c1-26-14-8-6-13(7-9-14)23-19(25)12-5-10-17(22-11-12)24-18-15(20)3-2-4-16(18)21/h2-11H,1H3,(H,22,24)(H,23,25). The lowest BCUT2D eigenvalue weighted by Gasteiger charge is -2.10. The zero-order valence-corrected chi connectivity index (χ0v) is 15.3. The Morgan fingerprint density at radius 3 is 2.27 bits per heavy atom. The lowest BCUT2D eigenvalue weighted by atomic mass is 10.2. The van der Waals surface area contributed by atoms with E-state index in [1.54, 1.807) is 61.7 Å². The van der Waals surface area contributed by atoms with Crippen molar-refractivity contribution in [2.45, 2.75) is 0 Å². The molecule has 0 radical (unpaired) electrons. The Morgan fingerprint density at radius 2 is 1.69 bits per heavy atom. The summed E-state index contributed by atoms with van der Waals surface area (Å²) in [6.45, 7) is 0. The topological polar surface area (TPSA) is 63.2 Å². The van der Waals surface area contributed by atoms with Gasteiger partial charge in [0.05, 0.1) is 28.4 Å². The molecule has 1 aromatic heterocycles. The summed E-state index contributed by atoms with van der Waals surface area (Å²) >= 11 is 12.3. The largest absolute Gasteiger partial charge is 0.497 e. The molecule has 0 saturated carbocycles. The van der Waals surface area contributed by atoms with Crippen molar-refractivity contribution in [3.05, 3.63) is 76.4 Å². The minimum Gasteiger partial charge on any atom is -0.497 e. The van der Waals surface area contributed by atoms with Crippen molar-refractivity contribution in [3.63, 3.8) is 0 Å². The van der Waals surface area contributed by atoms with E-state index in [0.717, 1.165) is 5.75 Å². The van der Waals surface area contributed by atoms with Crippen molar-refractivity contribution < 1.29 is 9.53 Å². The van der Waals surface area contributed by atoms with Crippen LogP contribution in [0.3, 0.4) is 0 Å². The average Bonchev–Trinajstić information content (AvgIpc) is 2.66. The number of para-hydroxylation sites is 1. The van der Waals surface area contributed by atoms with E-state index in [-0.39, 0.29) is 5.91 Å². The van der Waals surface area contributed by atoms with Crippen LogP contribution in [0.15, 0.2) is 60.8 Å². The first kappa shape index (κ1) is 18.0. The van der Waals surface area contributed by atoms with E-state index in [9.17, 15) is 4.79 Å². The van der Waals surface area contributed by atoms with Crippen LogP contribution in [0, 0.1) is 0 Å². The Bertz CT molecular complexity index is 893. The highest BCUT2D eigenvalue weighted by molar-refractivity contribution is 6.39. The minimum atomic E-state index is -0.259. The molecule has 2 aromatic carbocycles. The summed E-state index contributed by atoms with van der Waals surface area (Å²) in [5.41, 5.74) is 1.66. The first-order chi connectivity index (χ1) is 12.6. The second-order valence-corrected chi connectivity index (χ2v) is 6.15.